The van der Waals surface area contributed by atoms with Crippen molar-refractivity contribution in [3.8, 4) is 10.6 Å². The summed E-state index contributed by atoms with van der Waals surface area (Å²) in [5.41, 5.74) is 4.28. The summed E-state index contributed by atoms with van der Waals surface area (Å²) in [7, 11) is 0. The first kappa shape index (κ1) is 19.1. The first-order chi connectivity index (χ1) is 13.6. The zero-order valence-electron chi connectivity index (χ0n) is 16.5. The van der Waals surface area contributed by atoms with Crippen molar-refractivity contribution in [3.63, 3.8) is 0 Å². The molecule has 1 amide bonds. The van der Waals surface area contributed by atoms with Gasteiger partial charge in [0.1, 0.15) is 0 Å². The Labute approximate surface area is 170 Å². The number of carbonyl (C=O) groups excluding carboxylic acids is 1. The molecular formula is C23H26N2O2S. The Morgan fingerprint density at radius 2 is 2.21 bits per heavy atom. The summed E-state index contributed by atoms with van der Waals surface area (Å²) >= 11 is 1.69. The highest BCUT2D eigenvalue weighted by atomic mass is 32.1. The van der Waals surface area contributed by atoms with Crippen molar-refractivity contribution in [1.82, 2.24) is 9.88 Å². The number of pyridine rings is 1. The molecule has 28 heavy (non-hydrogen) atoms. The Morgan fingerprint density at radius 1 is 1.32 bits per heavy atom. The van der Waals surface area contributed by atoms with Gasteiger partial charge in [-0.15, -0.1) is 11.3 Å². The van der Waals surface area contributed by atoms with Crippen molar-refractivity contribution in [2.24, 2.45) is 0 Å². The van der Waals surface area contributed by atoms with Crippen LogP contribution in [-0.2, 0) is 16.1 Å². The fourth-order valence-electron chi connectivity index (χ4n) is 3.79. The molecule has 1 fully saturated rings. The lowest BCUT2D eigenvalue weighted by molar-refractivity contribution is -0.133. The summed E-state index contributed by atoms with van der Waals surface area (Å²) in [6.07, 6.45) is 2.76. The molecule has 2 aromatic heterocycles. The van der Waals surface area contributed by atoms with Crippen LogP contribution in [0.4, 0.5) is 0 Å². The molecule has 5 heteroatoms. The predicted octanol–water partition coefficient (Wildman–Crippen LogP) is 5.19. The first-order valence-electron chi connectivity index (χ1n) is 9.97. The lowest BCUT2D eigenvalue weighted by Gasteiger charge is -2.26. The molecule has 4 nitrogen and oxygen atoms in total. The lowest BCUT2D eigenvalue weighted by atomic mass is 10.1. The zero-order chi connectivity index (χ0) is 19.5. The van der Waals surface area contributed by atoms with Gasteiger partial charge >= 0.3 is 0 Å². The maximum Gasteiger partial charge on any atom is 0.222 e. The van der Waals surface area contributed by atoms with Gasteiger partial charge in [0.2, 0.25) is 5.91 Å². The number of hydrogen-bond acceptors (Lipinski definition) is 4. The molecule has 0 bridgehead atoms. The molecule has 3 heterocycles. The first-order valence-corrected chi connectivity index (χ1v) is 10.9. The fourth-order valence-corrected chi connectivity index (χ4v) is 4.54. The Kier molecular flexibility index (Phi) is 5.74. The SMILES string of the molecule is CCC(=O)N(Cc1cc2ccc(C)cc2nc1-c1cccs1)C[C@@H]1CCCO1. The topological polar surface area (TPSA) is 42.4 Å². The van der Waals surface area contributed by atoms with Crippen molar-refractivity contribution in [1.29, 1.82) is 0 Å². The minimum absolute atomic E-state index is 0.150. The van der Waals surface area contributed by atoms with E-state index >= 15 is 0 Å². The second-order valence-electron chi connectivity index (χ2n) is 7.43. The van der Waals surface area contributed by atoms with Crippen molar-refractivity contribution >= 4 is 28.1 Å². The van der Waals surface area contributed by atoms with E-state index in [0.717, 1.165) is 46.5 Å². The molecule has 0 aliphatic carbocycles. The van der Waals surface area contributed by atoms with Crippen LogP contribution < -0.4 is 0 Å². The third kappa shape index (κ3) is 4.10. The molecule has 0 unspecified atom stereocenters. The molecule has 1 aliphatic rings. The number of nitrogens with zero attached hydrogens (tertiary/aromatic N) is 2. The zero-order valence-corrected chi connectivity index (χ0v) is 17.3. The van der Waals surface area contributed by atoms with Gasteiger partial charge in [-0.3, -0.25) is 4.79 Å². The van der Waals surface area contributed by atoms with Crippen LogP contribution in [0.5, 0.6) is 0 Å². The quantitative estimate of drug-likeness (QED) is 0.578. The molecule has 1 atom stereocenters. The van der Waals surface area contributed by atoms with E-state index in [0.29, 0.717) is 19.5 Å². The molecule has 1 aliphatic heterocycles. The maximum absolute atomic E-state index is 12.7. The van der Waals surface area contributed by atoms with Gasteiger partial charge in [-0.2, -0.15) is 0 Å². The normalized spacial score (nSPS) is 16.6. The van der Waals surface area contributed by atoms with Crippen molar-refractivity contribution in [2.75, 3.05) is 13.2 Å². The molecule has 0 N–H and O–H groups in total. The molecule has 0 radical (unpaired) electrons. The van der Waals surface area contributed by atoms with E-state index in [9.17, 15) is 4.79 Å². The third-order valence-electron chi connectivity index (χ3n) is 5.27. The summed E-state index contributed by atoms with van der Waals surface area (Å²) in [5, 5.41) is 3.18. The number of ether oxygens (including phenoxy) is 1. The average Bonchev–Trinajstić information content (AvgIpc) is 3.40. The highest BCUT2D eigenvalue weighted by Gasteiger charge is 2.23. The number of fused-ring (bicyclic) bond motifs is 1. The number of aryl methyl sites for hydroxylation is 1. The number of aromatic nitrogens is 1. The van der Waals surface area contributed by atoms with Gasteiger partial charge in [0.05, 0.1) is 22.2 Å². The molecular weight excluding hydrogens is 368 g/mol. The van der Waals surface area contributed by atoms with E-state index in [2.05, 4.69) is 42.6 Å². The van der Waals surface area contributed by atoms with E-state index in [1.807, 2.05) is 17.9 Å². The van der Waals surface area contributed by atoms with Crippen molar-refractivity contribution in [3.05, 3.63) is 52.9 Å². The number of hydrogen-bond donors (Lipinski definition) is 0. The van der Waals surface area contributed by atoms with Crippen molar-refractivity contribution < 1.29 is 9.53 Å². The highest BCUT2D eigenvalue weighted by molar-refractivity contribution is 7.13. The minimum Gasteiger partial charge on any atom is -0.376 e. The van der Waals surface area contributed by atoms with Crippen molar-refractivity contribution in [2.45, 2.75) is 45.8 Å². The molecule has 0 spiro atoms. The summed E-state index contributed by atoms with van der Waals surface area (Å²) in [5.74, 6) is 0.164. The lowest BCUT2D eigenvalue weighted by Crippen LogP contribution is -2.36. The Morgan fingerprint density at radius 3 is 2.93 bits per heavy atom. The van der Waals surface area contributed by atoms with Gasteiger partial charge < -0.3 is 9.64 Å². The van der Waals surface area contributed by atoms with Crippen LogP contribution in [0.3, 0.4) is 0 Å². The highest BCUT2D eigenvalue weighted by Crippen LogP contribution is 2.31. The molecule has 3 aromatic rings. The second kappa shape index (κ2) is 8.41. The number of benzene rings is 1. The Bertz CT molecular complexity index is 962. The number of carbonyl (C=O) groups is 1. The van der Waals surface area contributed by atoms with Crippen LogP contribution in [0, 0.1) is 6.92 Å². The average molecular weight is 395 g/mol. The molecule has 1 aromatic carbocycles. The molecule has 4 rings (SSSR count). The minimum atomic E-state index is 0.150. The molecule has 1 saturated heterocycles. The largest absolute Gasteiger partial charge is 0.376 e. The van der Waals surface area contributed by atoms with Crippen LogP contribution in [0.15, 0.2) is 41.8 Å². The summed E-state index contributed by atoms with van der Waals surface area (Å²) < 4.78 is 5.79. The Balaban J connectivity index is 1.73. The van der Waals surface area contributed by atoms with Gasteiger partial charge in [0, 0.05) is 31.5 Å². The van der Waals surface area contributed by atoms with E-state index in [4.69, 9.17) is 9.72 Å². The van der Waals surface area contributed by atoms with Gasteiger partial charge in [-0.1, -0.05) is 25.1 Å². The van der Waals surface area contributed by atoms with Crippen LogP contribution in [0.1, 0.15) is 37.3 Å². The number of thiophene rings is 1. The maximum atomic E-state index is 12.7. The van der Waals surface area contributed by atoms with Crippen LogP contribution >= 0.6 is 11.3 Å². The standard InChI is InChI=1S/C23H26N2O2S/c1-3-22(26)25(15-19-6-4-10-27-19)14-18-13-17-9-8-16(2)12-20(17)24-23(18)21-7-5-11-28-21/h5,7-9,11-13,19H,3-4,6,10,14-15H2,1-2H3/t19-/m0/s1. The summed E-state index contributed by atoms with van der Waals surface area (Å²) in [6, 6.07) is 12.7. The third-order valence-corrected chi connectivity index (χ3v) is 6.15. The second-order valence-corrected chi connectivity index (χ2v) is 8.38. The number of rotatable bonds is 6. The van der Waals surface area contributed by atoms with E-state index in [-0.39, 0.29) is 12.0 Å². The smallest absolute Gasteiger partial charge is 0.222 e. The van der Waals surface area contributed by atoms with Crippen LogP contribution in [0.2, 0.25) is 0 Å². The molecule has 0 saturated carbocycles. The fraction of sp³-hybridized carbons (Fsp3) is 0.391. The van der Waals surface area contributed by atoms with Gasteiger partial charge in [-0.25, -0.2) is 4.98 Å². The van der Waals surface area contributed by atoms with Gasteiger partial charge in [0.25, 0.3) is 0 Å². The van der Waals surface area contributed by atoms with Crippen LogP contribution in [-0.4, -0.2) is 35.0 Å². The predicted molar refractivity (Wildman–Crippen MR) is 114 cm³/mol. The van der Waals surface area contributed by atoms with E-state index in [1.165, 1.54) is 5.56 Å². The van der Waals surface area contributed by atoms with Gasteiger partial charge in [0.15, 0.2) is 0 Å². The van der Waals surface area contributed by atoms with E-state index in [1.54, 1.807) is 11.3 Å². The number of amides is 1. The Hall–Kier alpha value is -2.24. The van der Waals surface area contributed by atoms with Crippen LogP contribution in [0.25, 0.3) is 21.5 Å². The monoisotopic (exact) mass is 394 g/mol. The van der Waals surface area contributed by atoms with E-state index < -0.39 is 0 Å². The summed E-state index contributed by atoms with van der Waals surface area (Å²) in [6.45, 7) is 6.03. The molecule has 146 valence electrons. The summed E-state index contributed by atoms with van der Waals surface area (Å²) in [4.78, 5) is 20.7. The van der Waals surface area contributed by atoms with Gasteiger partial charge in [-0.05, 0) is 54.5 Å².